The quantitative estimate of drug-likeness (QED) is 0.396. The van der Waals surface area contributed by atoms with Gasteiger partial charge in [-0.15, -0.1) is 11.3 Å². The second-order valence-corrected chi connectivity index (χ2v) is 11.6. The highest BCUT2D eigenvalue weighted by Gasteiger charge is 2.36. The molecular formula is C28H26ClN3OS. The summed E-state index contributed by atoms with van der Waals surface area (Å²) in [6, 6.07) is 17.7. The van der Waals surface area contributed by atoms with Crippen molar-refractivity contribution in [3.05, 3.63) is 80.7 Å². The zero-order valence-corrected chi connectivity index (χ0v) is 21.1. The summed E-state index contributed by atoms with van der Waals surface area (Å²) >= 11 is 7.61. The molecule has 0 saturated carbocycles. The molecule has 0 saturated heterocycles. The summed E-state index contributed by atoms with van der Waals surface area (Å²) in [6.07, 6.45) is 2.94. The maximum absolute atomic E-state index is 13.6. The minimum Gasteiger partial charge on any atom is -0.302 e. The smallest absolute Gasteiger partial charge is 0.277 e. The monoisotopic (exact) mass is 487 g/mol. The first kappa shape index (κ1) is 22.8. The van der Waals surface area contributed by atoms with Crippen LogP contribution in [0.5, 0.6) is 0 Å². The van der Waals surface area contributed by atoms with E-state index in [1.165, 1.54) is 4.88 Å². The number of benzene rings is 2. The van der Waals surface area contributed by atoms with Crippen molar-refractivity contribution in [2.75, 3.05) is 4.90 Å². The predicted molar refractivity (Wildman–Crippen MR) is 139 cm³/mol. The van der Waals surface area contributed by atoms with Crippen LogP contribution in [0, 0.1) is 22.7 Å². The van der Waals surface area contributed by atoms with Gasteiger partial charge in [0, 0.05) is 15.5 Å². The fourth-order valence-corrected chi connectivity index (χ4v) is 6.28. The van der Waals surface area contributed by atoms with Gasteiger partial charge < -0.3 is 4.90 Å². The number of aliphatic imine (C=N–C) groups is 1. The molecule has 2 aromatic carbocycles. The topological polar surface area (TPSA) is 56.5 Å². The molecule has 0 N–H and O–H groups in total. The van der Waals surface area contributed by atoms with E-state index in [-0.39, 0.29) is 11.3 Å². The summed E-state index contributed by atoms with van der Waals surface area (Å²) in [5, 5.41) is 11.3. The number of carbonyl (C=O) groups is 1. The largest absolute Gasteiger partial charge is 0.302 e. The van der Waals surface area contributed by atoms with E-state index < -0.39 is 0 Å². The van der Waals surface area contributed by atoms with Gasteiger partial charge in [0.05, 0.1) is 17.8 Å². The molecule has 3 aromatic rings. The Bertz CT molecular complexity index is 1340. The number of thiophene rings is 1. The van der Waals surface area contributed by atoms with Gasteiger partial charge in [-0.3, -0.25) is 4.79 Å². The van der Waals surface area contributed by atoms with Crippen LogP contribution in [0.1, 0.15) is 54.3 Å². The van der Waals surface area contributed by atoms with Gasteiger partial charge in [-0.1, -0.05) is 62.7 Å². The van der Waals surface area contributed by atoms with E-state index in [4.69, 9.17) is 16.6 Å². The molecule has 6 heteroatoms. The normalized spacial score (nSPS) is 18.7. The van der Waals surface area contributed by atoms with E-state index >= 15 is 0 Å². The summed E-state index contributed by atoms with van der Waals surface area (Å²) in [7, 11) is 0. The van der Waals surface area contributed by atoms with Crippen molar-refractivity contribution in [1.82, 2.24) is 0 Å². The third-order valence-electron chi connectivity index (χ3n) is 6.95. The number of rotatable bonds is 3. The highest BCUT2D eigenvalue weighted by atomic mass is 35.5. The number of hydrogen-bond acceptors (Lipinski definition) is 4. The lowest BCUT2D eigenvalue weighted by atomic mass is 9.72. The Kier molecular flexibility index (Phi) is 5.83. The highest BCUT2D eigenvalue weighted by molar-refractivity contribution is 7.16. The van der Waals surface area contributed by atoms with E-state index in [1.54, 1.807) is 16.2 Å². The van der Waals surface area contributed by atoms with Crippen LogP contribution in [0.2, 0.25) is 5.02 Å². The van der Waals surface area contributed by atoms with Crippen molar-refractivity contribution < 1.29 is 4.79 Å². The summed E-state index contributed by atoms with van der Waals surface area (Å²) in [5.41, 5.74) is 5.05. The zero-order valence-electron chi connectivity index (χ0n) is 19.6. The molecule has 1 amide bonds. The van der Waals surface area contributed by atoms with Crippen LogP contribution in [0.3, 0.4) is 0 Å². The van der Waals surface area contributed by atoms with E-state index in [9.17, 15) is 10.1 Å². The number of nitriles is 1. The van der Waals surface area contributed by atoms with Gasteiger partial charge in [-0.2, -0.15) is 5.26 Å². The van der Waals surface area contributed by atoms with Crippen LogP contribution in [-0.2, 0) is 24.2 Å². The number of hydrogen-bond donors (Lipinski definition) is 0. The highest BCUT2D eigenvalue weighted by Crippen LogP contribution is 2.45. The Morgan fingerprint density at radius 3 is 2.62 bits per heavy atom. The first-order valence-corrected chi connectivity index (χ1v) is 12.7. The number of anilines is 1. The molecule has 0 radical (unpaired) electrons. The van der Waals surface area contributed by atoms with E-state index in [2.05, 4.69) is 26.8 Å². The molecule has 0 bridgehead atoms. The Morgan fingerprint density at radius 2 is 1.91 bits per heavy atom. The molecule has 172 valence electrons. The Labute approximate surface area is 209 Å². The molecule has 1 atom stereocenters. The predicted octanol–water partition coefficient (Wildman–Crippen LogP) is 7.09. The lowest BCUT2D eigenvalue weighted by molar-refractivity contribution is -0.112. The average Bonchev–Trinajstić information content (AvgIpc) is 3.29. The lowest BCUT2D eigenvalue weighted by Gasteiger charge is -2.33. The van der Waals surface area contributed by atoms with Crippen molar-refractivity contribution in [2.24, 2.45) is 16.3 Å². The minimum atomic E-state index is -0.140. The van der Waals surface area contributed by atoms with Gasteiger partial charge in [0.25, 0.3) is 5.91 Å². The molecule has 1 aliphatic carbocycles. The third kappa shape index (κ3) is 4.06. The number of fused-ring (bicyclic) bond motifs is 2. The van der Waals surface area contributed by atoms with E-state index in [0.29, 0.717) is 33.8 Å². The van der Waals surface area contributed by atoms with Crippen LogP contribution in [0.4, 0.5) is 10.7 Å². The van der Waals surface area contributed by atoms with Crippen molar-refractivity contribution in [1.29, 1.82) is 5.26 Å². The summed E-state index contributed by atoms with van der Waals surface area (Å²) in [4.78, 5) is 21.4. The second-order valence-electron chi connectivity index (χ2n) is 10.1. The molecule has 2 heterocycles. The third-order valence-corrected chi connectivity index (χ3v) is 8.35. The first-order valence-electron chi connectivity index (χ1n) is 11.6. The summed E-state index contributed by atoms with van der Waals surface area (Å²) in [5.74, 6) is 0.438. The van der Waals surface area contributed by atoms with Gasteiger partial charge in [-0.05, 0) is 59.9 Å². The number of carbonyl (C=O) groups excluding carboxylic acids is 1. The number of nitrogens with zero attached hydrogens (tertiary/aromatic N) is 3. The fraction of sp³-hybridized carbons (Fsp3) is 0.321. The van der Waals surface area contributed by atoms with Crippen LogP contribution >= 0.6 is 22.9 Å². The van der Waals surface area contributed by atoms with Gasteiger partial charge in [0.15, 0.2) is 0 Å². The Morgan fingerprint density at radius 1 is 1.18 bits per heavy atom. The van der Waals surface area contributed by atoms with Gasteiger partial charge in [0.1, 0.15) is 16.8 Å². The number of halogens is 1. The molecule has 34 heavy (non-hydrogen) atoms. The molecule has 0 spiro atoms. The number of para-hydroxylation sites is 1. The van der Waals surface area contributed by atoms with Crippen LogP contribution in [-0.4, -0.2) is 11.6 Å². The lowest BCUT2D eigenvalue weighted by Crippen LogP contribution is -2.29. The minimum absolute atomic E-state index is 0.140. The molecule has 2 aliphatic rings. The van der Waals surface area contributed by atoms with Crippen LogP contribution in [0.25, 0.3) is 0 Å². The molecule has 5 rings (SSSR count). The van der Waals surface area contributed by atoms with Crippen molar-refractivity contribution in [3.63, 3.8) is 0 Å². The maximum atomic E-state index is 13.6. The Hall–Kier alpha value is -2.94. The SMILES string of the molecule is CC(C)(C)[C@H]1CCc2c(sc(N=C3C(=O)N(Cc4ccc(Cl)cc4)c4ccccc43)c2C#N)C1. The van der Waals surface area contributed by atoms with Gasteiger partial charge >= 0.3 is 0 Å². The molecular weight excluding hydrogens is 462 g/mol. The van der Waals surface area contributed by atoms with Crippen molar-refractivity contribution >= 4 is 45.2 Å². The van der Waals surface area contributed by atoms with Crippen LogP contribution in [0.15, 0.2) is 53.5 Å². The van der Waals surface area contributed by atoms with Crippen molar-refractivity contribution in [3.8, 4) is 6.07 Å². The standard InChI is InChI=1S/C28H26ClN3OS/c1-28(2,3)18-10-13-20-22(15-30)26(34-24(20)14-18)31-25-21-6-4-5-7-23(21)32(27(25)33)16-17-8-11-19(29)12-9-17/h4-9,11-12,18H,10,13-14,16H2,1-3H3/t18-/m0/s1. The van der Waals surface area contributed by atoms with Crippen LogP contribution < -0.4 is 4.90 Å². The summed E-state index contributed by atoms with van der Waals surface area (Å²) in [6.45, 7) is 7.29. The number of amides is 1. The molecule has 4 nitrogen and oxygen atoms in total. The second kappa shape index (κ2) is 8.69. The van der Waals surface area contributed by atoms with Crippen molar-refractivity contribution in [2.45, 2.75) is 46.6 Å². The molecule has 1 aliphatic heterocycles. The first-order chi connectivity index (χ1) is 16.3. The molecule has 1 aromatic heterocycles. The molecule has 0 unspecified atom stereocenters. The van der Waals surface area contributed by atoms with Gasteiger partial charge in [0.2, 0.25) is 0 Å². The van der Waals surface area contributed by atoms with E-state index in [0.717, 1.165) is 41.6 Å². The van der Waals surface area contributed by atoms with E-state index in [1.807, 2.05) is 48.5 Å². The summed E-state index contributed by atoms with van der Waals surface area (Å²) < 4.78 is 0. The Balaban J connectivity index is 1.53. The maximum Gasteiger partial charge on any atom is 0.277 e. The fourth-order valence-electron chi connectivity index (χ4n) is 4.91. The zero-order chi connectivity index (χ0) is 24.0. The average molecular weight is 488 g/mol. The molecule has 0 fully saturated rings. The van der Waals surface area contributed by atoms with Gasteiger partial charge in [-0.25, -0.2) is 4.99 Å².